The number of rotatable bonds is 5. The van der Waals surface area contributed by atoms with Crippen molar-refractivity contribution >= 4 is 55.7 Å². The molecule has 11 heteroatoms. The van der Waals surface area contributed by atoms with E-state index in [4.69, 9.17) is 28.9 Å². The zero-order valence-electron chi connectivity index (χ0n) is 15.1. The molecule has 0 spiro atoms. The highest BCUT2D eigenvalue weighted by molar-refractivity contribution is 7.92. The zero-order chi connectivity index (χ0) is 21.5. The molecule has 0 saturated carbocycles. The maximum atomic E-state index is 12.7. The molecular formula is C19H13Cl2N5O3S. The molecule has 152 valence electrons. The average Bonchev–Trinajstić information content (AvgIpc) is 3.10. The minimum atomic E-state index is -3.88. The van der Waals surface area contributed by atoms with E-state index in [1.165, 1.54) is 30.6 Å². The number of carbonyl (C=O) groups is 1. The second-order valence-corrected chi connectivity index (χ2v) is 8.85. The molecule has 2 aromatic heterocycles. The predicted octanol–water partition coefficient (Wildman–Crippen LogP) is 3.63. The van der Waals surface area contributed by atoms with E-state index in [0.29, 0.717) is 11.5 Å². The minimum Gasteiger partial charge on any atom is -0.364 e. The summed E-state index contributed by atoms with van der Waals surface area (Å²) in [6, 6.07) is 10.9. The molecule has 1 amide bonds. The highest BCUT2D eigenvalue weighted by atomic mass is 35.5. The molecule has 0 aliphatic heterocycles. The van der Waals surface area contributed by atoms with Gasteiger partial charge in [0.15, 0.2) is 5.82 Å². The number of amides is 1. The number of nitrogens with one attached hydrogen (secondary N) is 1. The molecule has 0 aliphatic rings. The second kappa shape index (κ2) is 7.60. The van der Waals surface area contributed by atoms with E-state index in [-0.39, 0.29) is 20.6 Å². The molecule has 8 nitrogen and oxygen atoms in total. The Balaban J connectivity index is 1.65. The third-order valence-corrected chi connectivity index (χ3v) is 6.02. The summed E-state index contributed by atoms with van der Waals surface area (Å²) >= 11 is 11.8. The van der Waals surface area contributed by atoms with Gasteiger partial charge in [0.05, 0.1) is 22.8 Å². The number of carbonyl (C=O) groups excluding carboxylic acids is 1. The van der Waals surface area contributed by atoms with Gasteiger partial charge in [-0.25, -0.2) is 18.4 Å². The third kappa shape index (κ3) is 3.95. The molecular weight excluding hydrogens is 449 g/mol. The van der Waals surface area contributed by atoms with Gasteiger partial charge in [-0.05, 0) is 42.5 Å². The fourth-order valence-corrected chi connectivity index (χ4v) is 4.65. The number of benzene rings is 2. The van der Waals surface area contributed by atoms with E-state index < -0.39 is 15.9 Å². The largest absolute Gasteiger partial charge is 0.364 e. The first-order chi connectivity index (χ1) is 14.2. The second-order valence-electron chi connectivity index (χ2n) is 6.29. The first kappa shape index (κ1) is 20.1. The fraction of sp³-hybridized carbons (Fsp3) is 0. The normalized spacial score (nSPS) is 11.5. The van der Waals surface area contributed by atoms with Crippen LogP contribution in [0.25, 0.3) is 16.7 Å². The standard InChI is InChI=1S/C19H13Cl2N5O3S/c20-12-6-13(21)8-15(7-12)30(28,29)25-14-1-2-17-11(5-14)3-4-26(17)18-10-23-16(9-24-18)19(22)27/h1-10,25H,(H2,22,27). The van der Waals surface area contributed by atoms with Crippen LogP contribution < -0.4 is 10.5 Å². The van der Waals surface area contributed by atoms with Crippen LogP contribution in [0.15, 0.2) is 66.0 Å². The summed E-state index contributed by atoms with van der Waals surface area (Å²) in [6.07, 6.45) is 4.48. The molecule has 4 aromatic rings. The van der Waals surface area contributed by atoms with Crippen LogP contribution >= 0.6 is 23.2 Å². The highest BCUT2D eigenvalue weighted by Gasteiger charge is 2.16. The van der Waals surface area contributed by atoms with E-state index in [9.17, 15) is 13.2 Å². The van der Waals surface area contributed by atoms with Gasteiger partial charge >= 0.3 is 0 Å². The topological polar surface area (TPSA) is 120 Å². The first-order valence-electron chi connectivity index (χ1n) is 8.45. The molecule has 3 N–H and O–H groups in total. The number of nitrogens with two attached hydrogens (primary N) is 1. The van der Waals surface area contributed by atoms with Crippen molar-refractivity contribution < 1.29 is 13.2 Å². The van der Waals surface area contributed by atoms with Crippen molar-refractivity contribution in [2.45, 2.75) is 4.90 Å². The molecule has 0 unspecified atom stereocenters. The van der Waals surface area contributed by atoms with E-state index >= 15 is 0 Å². The molecule has 0 bridgehead atoms. The number of fused-ring (bicyclic) bond motifs is 1. The van der Waals surface area contributed by atoms with Gasteiger partial charge in [-0.15, -0.1) is 0 Å². The number of hydrogen-bond acceptors (Lipinski definition) is 5. The lowest BCUT2D eigenvalue weighted by molar-refractivity contribution is 0.0995. The lowest BCUT2D eigenvalue weighted by Gasteiger charge is -2.10. The summed E-state index contributed by atoms with van der Waals surface area (Å²) in [7, 11) is -3.88. The van der Waals surface area contributed by atoms with Crippen molar-refractivity contribution in [1.29, 1.82) is 0 Å². The number of anilines is 1. The van der Waals surface area contributed by atoms with Crippen LogP contribution in [-0.4, -0.2) is 28.9 Å². The fourth-order valence-electron chi connectivity index (χ4n) is 2.88. The van der Waals surface area contributed by atoms with Gasteiger partial charge in [0, 0.05) is 27.3 Å². The zero-order valence-corrected chi connectivity index (χ0v) is 17.4. The van der Waals surface area contributed by atoms with Gasteiger partial charge in [-0.1, -0.05) is 23.2 Å². The Kier molecular flexibility index (Phi) is 5.10. The molecule has 4 rings (SSSR count). The number of primary amides is 1. The third-order valence-electron chi connectivity index (χ3n) is 4.23. The van der Waals surface area contributed by atoms with Crippen molar-refractivity contribution in [3.63, 3.8) is 0 Å². The summed E-state index contributed by atoms with van der Waals surface area (Å²) in [4.78, 5) is 19.3. The van der Waals surface area contributed by atoms with Crippen molar-refractivity contribution in [2.75, 3.05) is 4.72 Å². The van der Waals surface area contributed by atoms with E-state index in [0.717, 1.165) is 10.9 Å². The molecule has 2 aromatic carbocycles. The van der Waals surface area contributed by atoms with E-state index in [1.54, 1.807) is 35.0 Å². The van der Waals surface area contributed by atoms with Gasteiger partial charge in [0.2, 0.25) is 0 Å². The van der Waals surface area contributed by atoms with Crippen LogP contribution in [0.5, 0.6) is 0 Å². The van der Waals surface area contributed by atoms with Crippen LogP contribution in [0.1, 0.15) is 10.5 Å². The van der Waals surface area contributed by atoms with Crippen molar-refractivity contribution in [2.24, 2.45) is 5.73 Å². The van der Waals surface area contributed by atoms with Gasteiger partial charge < -0.3 is 5.73 Å². The Morgan fingerprint density at radius 1 is 1.00 bits per heavy atom. The summed E-state index contributed by atoms with van der Waals surface area (Å²) in [5.74, 6) is -0.179. The van der Waals surface area contributed by atoms with Crippen molar-refractivity contribution in [1.82, 2.24) is 14.5 Å². The molecule has 0 fully saturated rings. The van der Waals surface area contributed by atoms with Crippen molar-refractivity contribution in [3.05, 3.63) is 76.8 Å². The molecule has 0 atom stereocenters. The molecule has 0 radical (unpaired) electrons. The van der Waals surface area contributed by atoms with Crippen molar-refractivity contribution in [3.8, 4) is 5.82 Å². The molecule has 30 heavy (non-hydrogen) atoms. The first-order valence-corrected chi connectivity index (χ1v) is 10.7. The van der Waals surface area contributed by atoms with E-state index in [2.05, 4.69) is 14.7 Å². The maximum absolute atomic E-state index is 12.7. The van der Waals surface area contributed by atoms with Crippen LogP contribution in [-0.2, 0) is 10.0 Å². The summed E-state index contributed by atoms with van der Waals surface area (Å²) < 4.78 is 29.6. The Labute approximate surface area is 181 Å². The predicted molar refractivity (Wildman–Crippen MR) is 115 cm³/mol. The SMILES string of the molecule is NC(=O)c1cnc(-n2ccc3cc(NS(=O)(=O)c4cc(Cl)cc(Cl)c4)ccc32)cn1. The molecule has 0 saturated heterocycles. The van der Waals surface area contributed by atoms with Gasteiger partial charge in [-0.2, -0.15) is 0 Å². The number of hydrogen-bond donors (Lipinski definition) is 2. The number of halogens is 2. The number of aromatic nitrogens is 3. The van der Waals surface area contributed by atoms with Crippen LogP contribution in [0, 0.1) is 0 Å². The lowest BCUT2D eigenvalue weighted by Crippen LogP contribution is -2.14. The summed E-state index contributed by atoms with van der Waals surface area (Å²) in [5, 5.41) is 1.21. The monoisotopic (exact) mass is 461 g/mol. The quantitative estimate of drug-likeness (QED) is 0.470. The Hall–Kier alpha value is -3.14. The molecule has 2 heterocycles. The Morgan fingerprint density at radius 2 is 1.73 bits per heavy atom. The average molecular weight is 462 g/mol. The van der Waals surface area contributed by atoms with Crippen LogP contribution in [0.4, 0.5) is 5.69 Å². The van der Waals surface area contributed by atoms with Crippen LogP contribution in [0.3, 0.4) is 0 Å². The van der Waals surface area contributed by atoms with E-state index in [1.807, 2.05) is 0 Å². The highest BCUT2D eigenvalue weighted by Crippen LogP contribution is 2.27. The smallest absolute Gasteiger partial charge is 0.268 e. The summed E-state index contributed by atoms with van der Waals surface area (Å²) in [5.41, 5.74) is 6.38. The maximum Gasteiger partial charge on any atom is 0.268 e. The Bertz CT molecular complexity index is 1370. The number of nitrogens with zero attached hydrogens (tertiary/aromatic N) is 3. The molecule has 0 aliphatic carbocycles. The summed E-state index contributed by atoms with van der Waals surface area (Å²) in [6.45, 7) is 0. The van der Waals surface area contributed by atoms with Gasteiger partial charge in [-0.3, -0.25) is 14.1 Å². The van der Waals surface area contributed by atoms with Crippen LogP contribution in [0.2, 0.25) is 10.0 Å². The Morgan fingerprint density at radius 3 is 2.37 bits per heavy atom. The van der Waals surface area contributed by atoms with Gasteiger partial charge in [0.25, 0.3) is 15.9 Å². The number of sulfonamides is 1. The lowest BCUT2D eigenvalue weighted by atomic mass is 10.2. The van der Waals surface area contributed by atoms with Gasteiger partial charge in [0.1, 0.15) is 5.69 Å². The minimum absolute atomic E-state index is 0.0394.